The van der Waals surface area contributed by atoms with Gasteiger partial charge < -0.3 is 5.73 Å². The fourth-order valence-corrected chi connectivity index (χ4v) is 2.93. The molecule has 2 aromatic carbocycles. The number of rotatable bonds is 9. The lowest BCUT2D eigenvalue weighted by molar-refractivity contribution is -0.450. The fraction of sp³-hybridized carbons (Fsp3) is 0.348. The monoisotopic (exact) mass is 604 g/mol. The summed E-state index contributed by atoms with van der Waals surface area (Å²) in [4.78, 5) is 3.82. The molecule has 222 valence electrons. The average molecular weight is 604 g/mol. The van der Waals surface area contributed by atoms with Crippen molar-refractivity contribution in [3.63, 3.8) is 0 Å². The molecule has 0 aliphatic carbocycles. The van der Waals surface area contributed by atoms with E-state index in [0.29, 0.717) is 5.56 Å². The van der Waals surface area contributed by atoms with Crippen molar-refractivity contribution in [2.75, 3.05) is 0 Å². The summed E-state index contributed by atoms with van der Waals surface area (Å²) in [6.07, 6.45) is -7.89. The minimum Gasteiger partial charge on any atom is -0.397 e. The highest BCUT2D eigenvalue weighted by Gasteiger charge is 2.93. The Bertz CT molecular complexity index is 1250. The molecule has 0 aliphatic rings. The molecule has 17 heteroatoms. The molecule has 0 saturated carbocycles. The third kappa shape index (κ3) is 5.21. The molecule has 2 nitrogen and oxygen atoms in total. The highest BCUT2D eigenvalue weighted by Crippen LogP contribution is 2.62. The summed E-state index contributed by atoms with van der Waals surface area (Å²) in [5.41, 5.74) is 1.75. The zero-order valence-electron chi connectivity index (χ0n) is 19.5. The maximum absolute atomic E-state index is 14.5. The molecule has 0 bridgehead atoms. The maximum Gasteiger partial charge on any atom is 0.460 e. The lowest BCUT2D eigenvalue weighted by atomic mass is 9.90. The standard InChI is InChI=1S/C23H15F15N2/c1-12-7-9-14(10-8-12)40-15(13-5-3-2-4-6-13)11-16(39)17(24,25)18(26,27)19(28,29)20(30,31)21(32,33)22(34,35)23(36,37)38/h2-11H,39H2,1H3/b16-11-,40-15?. The molecule has 0 radical (unpaired) electrons. The van der Waals surface area contributed by atoms with E-state index < -0.39 is 53.1 Å². The normalized spacial score (nSPS) is 15.4. The van der Waals surface area contributed by atoms with E-state index in [2.05, 4.69) is 4.99 Å². The van der Waals surface area contributed by atoms with E-state index in [-0.39, 0.29) is 17.3 Å². The van der Waals surface area contributed by atoms with E-state index in [1.807, 2.05) is 0 Å². The van der Waals surface area contributed by atoms with Gasteiger partial charge >= 0.3 is 41.7 Å². The van der Waals surface area contributed by atoms with E-state index in [1.165, 1.54) is 42.5 Å². The summed E-state index contributed by atoms with van der Waals surface area (Å²) >= 11 is 0. The Morgan fingerprint density at radius 1 is 0.600 bits per heavy atom. The smallest absolute Gasteiger partial charge is 0.397 e. The molecule has 0 saturated heterocycles. The lowest BCUT2D eigenvalue weighted by Gasteiger charge is -2.41. The summed E-state index contributed by atoms with van der Waals surface area (Å²) in [5.74, 6) is -47.5. The van der Waals surface area contributed by atoms with E-state index in [4.69, 9.17) is 5.73 Å². The van der Waals surface area contributed by atoms with Crippen molar-refractivity contribution < 1.29 is 65.9 Å². The second-order valence-corrected chi connectivity index (χ2v) is 8.24. The van der Waals surface area contributed by atoms with Crippen LogP contribution in [-0.4, -0.2) is 47.4 Å². The molecule has 0 fully saturated rings. The molecule has 0 spiro atoms. The molecule has 2 N–H and O–H groups in total. The first kappa shape index (κ1) is 32.8. The molecule has 0 aromatic heterocycles. The Kier molecular flexibility index (Phi) is 8.38. The van der Waals surface area contributed by atoms with Crippen LogP contribution >= 0.6 is 0 Å². The molecular weight excluding hydrogens is 589 g/mol. The van der Waals surface area contributed by atoms with Gasteiger partial charge in [-0.2, -0.15) is 65.9 Å². The van der Waals surface area contributed by atoms with Crippen LogP contribution in [0.15, 0.2) is 71.4 Å². The van der Waals surface area contributed by atoms with E-state index >= 15 is 0 Å². The average Bonchev–Trinajstić information content (AvgIpc) is 2.84. The predicted molar refractivity (Wildman–Crippen MR) is 112 cm³/mol. The third-order valence-electron chi connectivity index (χ3n) is 5.34. The summed E-state index contributed by atoms with van der Waals surface area (Å²) < 4.78 is 203. The zero-order valence-corrected chi connectivity index (χ0v) is 19.5. The number of halogens is 15. The molecule has 0 unspecified atom stereocenters. The highest BCUT2D eigenvalue weighted by atomic mass is 19.4. The van der Waals surface area contributed by atoms with Gasteiger partial charge in [-0.1, -0.05) is 48.0 Å². The molecule has 0 heterocycles. The lowest BCUT2D eigenvalue weighted by Crippen LogP contribution is -2.73. The number of benzene rings is 2. The first-order chi connectivity index (χ1) is 17.9. The van der Waals surface area contributed by atoms with Crippen LogP contribution in [0.25, 0.3) is 0 Å². The maximum atomic E-state index is 14.5. The van der Waals surface area contributed by atoms with Crippen LogP contribution in [0, 0.1) is 6.92 Å². The van der Waals surface area contributed by atoms with Gasteiger partial charge in [0.1, 0.15) is 0 Å². The van der Waals surface area contributed by atoms with Gasteiger partial charge in [0.25, 0.3) is 0 Å². The molecule has 2 rings (SSSR count). The van der Waals surface area contributed by atoms with Gasteiger partial charge in [-0.15, -0.1) is 0 Å². The Morgan fingerprint density at radius 3 is 1.48 bits per heavy atom. The second kappa shape index (κ2) is 10.2. The number of nitrogens with zero attached hydrogens (tertiary/aromatic N) is 1. The Labute approximate surface area is 215 Å². The molecule has 0 atom stereocenters. The number of allylic oxidation sites excluding steroid dienone is 2. The van der Waals surface area contributed by atoms with Gasteiger partial charge in [-0.25, -0.2) is 4.99 Å². The molecular formula is C23H15F15N2. The van der Waals surface area contributed by atoms with Crippen LogP contribution in [0.2, 0.25) is 0 Å². The summed E-state index contributed by atoms with van der Waals surface area (Å²) in [6, 6.07) is 11.6. The zero-order chi connectivity index (χ0) is 31.2. The van der Waals surface area contributed by atoms with Crippen molar-refractivity contribution in [1.82, 2.24) is 0 Å². The van der Waals surface area contributed by atoms with Crippen molar-refractivity contribution in [2.45, 2.75) is 48.6 Å². The number of aliphatic imine (C=N–C) groups is 1. The van der Waals surface area contributed by atoms with Crippen molar-refractivity contribution in [1.29, 1.82) is 0 Å². The quantitative estimate of drug-likeness (QED) is 0.227. The summed E-state index contributed by atoms with van der Waals surface area (Å²) in [5, 5.41) is 0. The first-order valence-corrected chi connectivity index (χ1v) is 10.4. The van der Waals surface area contributed by atoms with Crippen LogP contribution in [-0.2, 0) is 0 Å². The van der Waals surface area contributed by atoms with E-state index in [1.54, 1.807) is 6.92 Å². The summed E-state index contributed by atoms with van der Waals surface area (Å²) in [6.45, 7) is 1.62. The van der Waals surface area contributed by atoms with Crippen LogP contribution in [0.4, 0.5) is 71.5 Å². The van der Waals surface area contributed by atoms with Crippen LogP contribution < -0.4 is 5.73 Å². The van der Waals surface area contributed by atoms with Crippen LogP contribution in [0.1, 0.15) is 11.1 Å². The first-order valence-electron chi connectivity index (χ1n) is 10.4. The van der Waals surface area contributed by atoms with Gasteiger partial charge in [0.15, 0.2) is 0 Å². The number of nitrogens with two attached hydrogens (primary N) is 1. The number of hydrogen-bond acceptors (Lipinski definition) is 2. The van der Waals surface area contributed by atoms with E-state index in [0.717, 1.165) is 12.1 Å². The Balaban J connectivity index is 2.68. The predicted octanol–water partition coefficient (Wildman–Crippen LogP) is 8.33. The molecule has 0 amide bonds. The third-order valence-corrected chi connectivity index (χ3v) is 5.34. The minimum atomic E-state index is -8.40. The summed E-state index contributed by atoms with van der Waals surface area (Å²) in [7, 11) is 0. The second-order valence-electron chi connectivity index (χ2n) is 8.24. The Hall–Kier alpha value is -3.40. The highest BCUT2D eigenvalue weighted by molar-refractivity contribution is 6.10. The van der Waals surface area contributed by atoms with Gasteiger partial charge in [-0.3, -0.25) is 0 Å². The minimum absolute atomic E-state index is 0.0607. The van der Waals surface area contributed by atoms with Crippen LogP contribution in [0.3, 0.4) is 0 Å². The van der Waals surface area contributed by atoms with Gasteiger partial charge in [0.2, 0.25) is 0 Å². The Morgan fingerprint density at radius 2 is 1.02 bits per heavy atom. The SMILES string of the molecule is Cc1ccc(N=C(/C=C(\N)C(F)(F)C(F)(F)C(F)(F)C(F)(F)C(F)(F)C(F)(F)C(F)(F)F)c2ccccc2)cc1. The molecule has 0 aliphatic heterocycles. The van der Waals surface area contributed by atoms with Crippen molar-refractivity contribution in [2.24, 2.45) is 10.7 Å². The van der Waals surface area contributed by atoms with Crippen molar-refractivity contribution >= 4 is 11.4 Å². The molecule has 40 heavy (non-hydrogen) atoms. The van der Waals surface area contributed by atoms with Gasteiger partial charge in [-0.05, 0) is 25.1 Å². The molecule has 2 aromatic rings. The largest absolute Gasteiger partial charge is 0.460 e. The van der Waals surface area contributed by atoms with Crippen molar-refractivity contribution in [3.8, 4) is 0 Å². The number of hydrogen-bond donors (Lipinski definition) is 1. The van der Waals surface area contributed by atoms with Gasteiger partial charge in [0.05, 0.1) is 17.1 Å². The van der Waals surface area contributed by atoms with Crippen molar-refractivity contribution in [3.05, 3.63) is 77.5 Å². The number of alkyl halides is 15. The van der Waals surface area contributed by atoms with E-state index in [9.17, 15) is 65.9 Å². The number of aryl methyl sites for hydroxylation is 1. The van der Waals surface area contributed by atoms with Crippen LogP contribution in [0.5, 0.6) is 0 Å². The van der Waals surface area contributed by atoms with Gasteiger partial charge in [0, 0.05) is 5.56 Å². The topological polar surface area (TPSA) is 38.4 Å². The fourth-order valence-electron chi connectivity index (χ4n) is 2.93.